The van der Waals surface area contributed by atoms with Crippen LogP contribution < -0.4 is 9.44 Å². The van der Waals surface area contributed by atoms with Gasteiger partial charge in [0.05, 0.1) is 5.41 Å². The van der Waals surface area contributed by atoms with Crippen molar-refractivity contribution in [3.8, 4) is 0 Å². The lowest BCUT2D eigenvalue weighted by atomic mass is 10.2. The van der Waals surface area contributed by atoms with E-state index in [4.69, 9.17) is 0 Å². The summed E-state index contributed by atoms with van der Waals surface area (Å²) in [6, 6.07) is 8.71. The molecule has 0 atom stereocenters. The smallest absolute Gasteiger partial charge is 0.259 e. The average molecular weight is 412 g/mol. The molecule has 0 spiro atoms. The minimum atomic E-state index is -3.97. The van der Waals surface area contributed by atoms with Crippen LogP contribution in [0.3, 0.4) is 0 Å². The van der Waals surface area contributed by atoms with E-state index >= 15 is 0 Å². The quantitative estimate of drug-likeness (QED) is 0.650. The SMILES string of the molecule is Cc1nc(S(=O)(=O)NCCC(=O)NS(=O)(=O)/C=C/c2ccccc2)cn1C. The molecule has 2 rings (SSSR count). The first-order valence-corrected chi connectivity index (χ1v) is 10.9. The number of carbonyl (C=O) groups excluding carboxylic acids is 1. The highest BCUT2D eigenvalue weighted by molar-refractivity contribution is 7.93. The summed E-state index contributed by atoms with van der Waals surface area (Å²) >= 11 is 0. The summed E-state index contributed by atoms with van der Waals surface area (Å²) in [6.07, 6.45) is 2.35. The zero-order valence-electron chi connectivity index (χ0n) is 14.8. The number of amides is 1. The topological polar surface area (TPSA) is 127 Å². The Labute approximate surface area is 158 Å². The van der Waals surface area contributed by atoms with E-state index in [1.807, 2.05) is 4.72 Å². The van der Waals surface area contributed by atoms with Gasteiger partial charge in [-0.15, -0.1) is 0 Å². The molecule has 1 aromatic carbocycles. The third-order valence-corrected chi connectivity index (χ3v) is 5.84. The number of nitrogens with zero attached hydrogens (tertiary/aromatic N) is 2. The maximum absolute atomic E-state index is 12.1. The third-order valence-electron chi connectivity index (χ3n) is 3.50. The maximum atomic E-state index is 12.1. The number of benzene rings is 1. The highest BCUT2D eigenvalue weighted by atomic mass is 32.2. The molecule has 1 amide bonds. The molecule has 11 heteroatoms. The van der Waals surface area contributed by atoms with Crippen LogP contribution in [0.4, 0.5) is 0 Å². The summed E-state index contributed by atoms with van der Waals surface area (Å²) in [5.41, 5.74) is 0.661. The second-order valence-corrected chi connectivity index (χ2v) is 8.95. The van der Waals surface area contributed by atoms with E-state index in [1.54, 1.807) is 48.9 Å². The molecule has 9 nitrogen and oxygen atoms in total. The molecule has 2 N–H and O–H groups in total. The van der Waals surface area contributed by atoms with Gasteiger partial charge in [-0.3, -0.25) is 4.79 Å². The molecule has 0 aliphatic carbocycles. The Kier molecular flexibility index (Phi) is 6.52. The first kappa shape index (κ1) is 20.8. The van der Waals surface area contributed by atoms with Gasteiger partial charge in [0.25, 0.3) is 20.0 Å². The van der Waals surface area contributed by atoms with Gasteiger partial charge in [0.15, 0.2) is 5.03 Å². The second-order valence-electron chi connectivity index (χ2n) is 5.67. The number of carbonyl (C=O) groups is 1. The van der Waals surface area contributed by atoms with E-state index in [-0.39, 0.29) is 18.0 Å². The van der Waals surface area contributed by atoms with Crippen LogP contribution >= 0.6 is 0 Å². The predicted molar refractivity (Wildman–Crippen MR) is 100 cm³/mol. The molecule has 0 bridgehead atoms. The first-order chi connectivity index (χ1) is 12.6. The summed E-state index contributed by atoms with van der Waals surface area (Å²) < 4.78 is 53.5. The van der Waals surface area contributed by atoms with Crippen molar-refractivity contribution in [2.75, 3.05) is 6.54 Å². The summed E-state index contributed by atoms with van der Waals surface area (Å²) in [6.45, 7) is 1.39. The maximum Gasteiger partial charge on any atom is 0.259 e. The van der Waals surface area contributed by atoms with E-state index in [2.05, 4.69) is 9.71 Å². The number of sulfonamides is 2. The van der Waals surface area contributed by atoms with Crippen molar-refractivity contribution in [1.82, 2.24) is 19.0 Å². The molecule has 2 aromatic rings. The Morgan fingerprint density at radius 2 is 1.85 bits per heavy atom. The van der Waals surface area contributed by atoms with Crippen LogP contribution in [0.2, 0.25) is 0 Å². The van der Waals surface area contributed by atoms with E-state index in [0.717, 1.165) is 5.41 Å². The van der Waals surface area contributed by atoms with Gasteiger partial charge in [0, 0.05) is 26.2 Å². The lowest BCUT2D eigenvalue weighted by Crippen LogP contribution is -2.33. The minimum absolute atomic E-state index is 0.165. The van der Waals surface area contributed by atoms with Crippen LogP contribution in [0, 0.1) is 6.92 Å². The van der Waals surface area contributed by atoms with Gasteiger partial charge < -0.3 is 4.57 Å². The first-order valence-electron chi connectivity index (χ1n) is 7.87. The molecule has 0 saturated heterocycles. The normalized spacial score (nSPS) is 12.4. The van der Waals surface area contributed by atoms with Gasteiger partial charge in [0.1, 0.15) is 5.82 Å². The van der Waals surface area contributed by atoms with Crippen molar-refractivity contribution >= 4 is 32.0 Å². The standard InChI is InChI=1S/C16H20N4O5S2/c1-13-18-16(12-20(13)2)27(24,25)17-10-8-15(21)19-26(22,23)11-9-14-6-4-3-5-7-14/h3-7,9,11-12,17H,8,10H2,1-2H3,(H,19,21)/b11-9+. The van der Waals surface area contributed by atoms with Crippen molar-refractivity contribution in [1.29, 1.82) is 0 Å². The summed E-state index contributed by atoms with van der Waals surface area (Å²) in [4.78, 5) is 15.7. The molecule has 0 fully saturated rings. The summed E-state index contributed by atoms with van der Waals surface area (Å²) in [7, 11) is -6.19. The number of rotatable bonds is 8. The van der Waals surface area contributed by atoms with Crippen molar-refractivity contribution < 1.29 is 21.6 Å². The van der Waals surface area contributed by atoms with Crippen LogP contribution in [-0.4, -0.2) is 38.8 Å². The Balaban J connectivity index is 1.87. The van der Waals surface area contributed by atoms with Crippen LogP contribution in [0.5, 0.6) is 0 Å². The molecule has 0 unspecified atom stereocenters. The largest absolute Gasteiger partial charge is 0.337 e. The molecule has 0 radical (unpaired) electrons. The van der Waals surface area contributed by atoms with Crippen molar-refractivity contribution in [3.63, 3.8) is 0 Å². The molecule has 0 aliphatic rings. The van der Waals surface area contributed by atoms with Crippen molar-refractivity contribution in [2.24, 2.45) is 7.05 Å². The monoisotopic (exact) mass is 412 g/mol. The highest BCUT2D eigenvalue weighted by Gasteiger charge is 2.19. The van der Waals surface area contributed by atoms with Gasteiger partial charge in [-0.25, -0.2) is 31.3 Å². The van der Waals surface area contributed by atoms with Crippen LogP contribution in [-0.2, 0) is 31.9 Å². The van der Waals surface area contributed by atoms with Gasteiger partial charge in [-0.2, -0.15) is 0 Å². The van der Waals surface area contributed by atoms with Gasteiger partial charge in [0.2, 0.25) is 5.91 Å². The van der Waals surface area contributed by atoms with Crippen LogP contribution in [0.15, 0.2) is 47.0 Å². The Bertz CT molecular complexity index is 1020. The molecule has 0 aliphatic heterocycles. The Morgan fingerprint density at radius 1 is 1.19 bits per heavy atom. The number of aromatic nitrogens is 2. The third kappa shape index (κ3) is 6.31. The van der Waals surface area contributed by atoms with Crippen molar-refractivity contribution in [3.05, 3.63) is 53.3 Å². The van der Waals surface area contributed by atoms with Gasteiger partial charge >= 0.3 is 0 Å². The molecular weight excluding hydrogens is 392 g/mol. The molecule has 27 heavy (non-hydrogen) atoms. The van der Waals surface area contributed by atoms with Crippen LogP contribution in [0.25, 0.3) is 6.08 Å². The van der Waals surface area contributed by atoms with E-state index in [0.29, 0.717) is 11.4 Å². The number of imidazole rings is 1. The fraction of sp³-hybridized carbons (Fsp3) is 0.250. The molecule has 1 aromatic heterocycles. The highest BCUT2D eigenvalue weighted by Crippen LogP contribution is 2.07. The summed E-state index contributed by atoms with van der Waals surface area (Å²) in [5, 5.41) is 0.711. The molecule has 146 valence electrons. The van der Waals surface area contributed by atoms with Crippen molar-refractivity contribution in [2.45, 2.75) is 18.4 Å². The lowest BCUT2D eigenvalue weighted by molar-refractivity contribution is -0.119. The minimum Gasteiger partial charge on any atom is -0.337 e. The Morgan fingerprint density at radius 3 is 2.44 bits per heavy atom. The number of hydrogen-bond acceptors (Lipinski definition) is 6. The zero-order valence-corrected chi connectivity index (χ0v) is 16.4. The lowest BCUT2D eigenvalue weighted by Gasteiger charge is -2.05. The van der Waals surface area contributed by atoms with E-state index in [9.17, 15) is 21.6 Å². The number of nitrogens with one attached hydrogen (secondary N) is 2. The van der Waals surface area contributed by atoms with E-state index < -0.39 is 26.0 Å². The molecule has 1 heterocycles. The fourth-order valence-corrected chi connectivity index (χ4v) is 3.90. The van der Waals surface area contributed by atoms with Crippen LogP contribution in [0.1, 0.15) is 17.8 Å². The second kappa shape index (κ2) is 8.46. The van der Waals surface area contributed by atoms with E-state index in [1.165, 1.54) is 12.3 Å². The summed E-state index contributed by atoms with van der Waals surface area (Å²) in [5.74, 6) is -0.308. The average Bonchev–Trinajstić information content (AvgIpc) is 2.93. The van der Waals surface area contributed by atoms with Gasteiger partial charge in [-0.05, 0) is 18.6 Å². The number of aryl methyl sites for hydroxylation is 2. The zero-order chi connectivity index (χ0) is 20.1. The number of hydrogen-bond donors (Lipinski definition) is 2. The molecular formula is C16H20N4O5S2. The predicted octanol–water partition coefficient (Wildman–Crippen LogP) is 0.514. The molecule has 0 saturated carbocycles. The van der Waals surface area contributed by atoms with Gasteiger partial charge in [-0.1, -0.05) is 30.3 Å². The fourth-order valence-electron chi connectivity index (χ4n) is 2.00. The Hall–Kier alpha value is -2.50.